The van der Waals surface area contributed by atoms with Gasteiger partial charge in [0.2, 0.25) is 0 Å². The molecule has 1 saturated carbocycles. The number of rotatable bonds is 2. The van der Waals surface area contributed by atoms with E-state index in [9.17, 15) is 5.11 Å². The van der Waals surface area contributed by atoms with Gasteiger partial charge in [-0.1, -0.05) is 43.6 Å². The van der Waals surface area contributed by atoms with Crippen molar-refractivity contribution in [3.63, 3.8) is 0 Å². The van der Waals surface area contributed by atoms with Gasteiger partial charge in [-0.15, -0.1) is 0 Å². The Morgan fingerprint density at radius 2 is 1.93 bits per heavy atom. The standard InChI is InChI=1S/C13H20O/c14-11-13(9-5-2-6-10-13)12-7-3-1-4-8-12/h2,5-6,9,12,14H,1,3-4,7-8,10-11H2/t13-/m0/s1. The van der Waals surface area contributed by atoms with Crippen molar-refractivity contribution in [1.29, 1.82) is 0 Å². The summed E-state index contributed by atoms with van der Waals surface area (Å²) in [5, 5.41) is 9.61. The smallest absolute Gasteiger partial charge is 0.0527 e. The van der Waals surface area contributed by atoms with Crippen LogP contribution >= 0.6 is 0 Å². The number of hydrogen-bond acceptors (Lipinski definition) is 1. The molecule has 0 aliphatic heterocycles. The van der Waals surface area contributed by atoms with Crippen LogP contribution in [0, 0.1) is 11.3 Å². The molecule has 1 atom stereocenters. The first-order chi connectivity index (χ1) is 6.87. The zero-order valence-corrected chi connectivity index (χ0v) is 8.78. The quantitative estimate of drug-likeness (QED) is 0.713. The summed E-state index contributed by atoms with van der Waals surface area (Å²) in [7, 11) is 0. The minimum atomic E-state index is 0.0785. The van der Waals surface area contributed by atoms with E-state index in [-0.39, 0.29) is 5.41 Å². The predicted octanol–water partition coefficient (Wildman–Crippen LogP) is 3.06. The van der Waals surface area contributed by atoms with Crippen LogP contribution in [0.5, 0.6) is 0 Å². The lowest BCUT2D eigenvalue weighted by atomic mass is 9.66. The van der Waals surface area contributed by atoms with Crippen LogP contribution in [0.1, 0.15) is 38.5 Å². The summed E-state index contributed by atoms with van der Waals surface area (Å²) in [6.45, 7) is 0.318. The van der Waals surface area contributed by atoms with E-state index >= 15 is 0 Å². The molecule has 0 unspecified atom stereocenters. The van der Waals surface area contributed by atoms with Gasteiger partial charge < -0.3 is 5.11 Å². The highest BCUT2D eigenvalue weighted by Crippen LogP contribution is 2.43. The van der Waals surface area contributed by atoms with Gasteiger partial charge in [0.05, 0.1) is 6.61 Å². The fourth-order valence-electron chi connectivity index (χ4n) is 2.91. The van der Waals surface area contributed by atoms with Crippen LogP contribution in [0.25, 0.3) is 0 Å². The van der Waals surface area contributed by atoms with E-state index in [1.165, 1.54) is 32.1 Å². The minimum Gasteiger partial charge on any atom is -0.395 e. The Hall–Kier alpha value is -0.560. The van der Waals surface area contributed by atoms with Crippen molar-refractivity contribution in [2.24, 2.45) is 11.3 Å². The van der Waals surface area contributed by atoms with E-state index in [0.29, 0.717) is 12.5 Å². The molecule has 0 heterocycles. The lowest BCUT2D eigenvalue weighted by Gasteiger charge is -2.39. The molecular weight excluding hydrogens is 172 g/mol. The molecule has 14 heavy (non-hydrogen) atoms. The van der Waals surface area contributed by atoms with E-state index in [4.69, 9.17) is 0 Å². The van der Waals surface area contributed by atoms with Gasteiger partial charge in [-0.2, -0.15) is 0 Å². The van der Waals surface area contributed by atoms with E-state index in [1.807, 2.05) is 0 Å². The molecule has 78 valence electrons. The first kappa shape index (κ1) is 9.97. The Morgan fingerprint density at radius 3 is 2.50 bits per heavy atom. The van der Waals surface area contributed by atoms with Crippen LogP contribution in [0.15, 0.2) is 24.3 Å². The highest BCUT2D eigenvalue weighted by atomic mass is 16.3. The van der Waals surface area contributed by atoms with Crippen LogP contribution in [0.2, 0.25) is 0 Å². The van der Waals surface area contributed by atoms with Crippen molar-refractivity contribution in [2.45, 2.75) is 38.5 Å². The van der Waals surface area contributed by atoms with E-state index in [1.54, 1.807) is 0 Å². The molecule has 2 rings (SSSR count). The van der Waals surface area contributed by atoms with Crippen LogP contribution in [-0.4, -0.2) is 11.7 Å². The molecule has 2 aliphatic rings. The lowest BCUT2D eigenvalue weighted by molar-refractivity contribution is 0.0839. The fraction of sp³-hybridized carbons (Fsp3) is 0.692. The minimum absolute atomic E-state index is 0.0785. The Kier molecular flexibility index (Phi) is 3.07. The number of allylic oxidation sites excluding steroid dienone is 3. The normalized spacial score (nSPS) is 33.5. The molecule has 0 saturated heterocycles. The van der Waals surface area contributed by atoms with Crippen molar-refractivity contribution in [2.75, 3.05) is 6.61 Å². The van der Waals surface area contributed by atoms with Crippen LogP contribution < -0.4 is 0 Å². The first-order valence-electron chi connectivity index (χ1n) is 5.83. The van der Waals surface area contributed by atoms with E-state index in [0.717, 1.165) is 6.42 Å². The summed E-state index contributed by atoms with van der Waals surface area (Å²) in [5.74, 6) is 0.711. The Morgan fingerprint density at radius 1 is 1.14 bits per heavy atom. The second-order valence-electron chi connectivity index (χ2n) is 4.72. The topological polar surface area (TPSA) is 20.2 Å². The lowest BCUT2D eigenvalue weighted by Crippen LogP contribution is -2.34. The SMILES string of the molecule is OC[C@]1(C2CCCCC2)C=CC=CC1. The maximum Gasteiger partial charge on any atom is 0.0527 e. The summed E-state index contributed by atoms with van der Waals surface area (Å²) in [6, 6.07) is 0. The maximum atomic E-state index is 9.61. The molecule has 0 aromatic rings. The highest BCUT2D eigenvalue weighted by molar-refractivity contribution is 5.18. The zero-order valence-electron chi connectivity index (χ0n) is 8.78. The summed E-state index contributed by atoms with van der Waals surface area (Å²) >= 11 is 0. The molecule has 0 aromatic carbocycles. The fourth-order valence-corrected chi connectivity index (χ4v) is 2.91. The van der Waals surface area contributed by atoms with Crippen molar-refractivity contribution >= 4 is 0 Å². The summed E-state index contributed by atoms with van der Waals surface area (Å²) in [6.07, 6.45) is 16.4. The van der Waals surface area contributed by atoms with Crippen LogP contribution in [-0.2, 0) is 0 Å². The maximum absolute atomic E-state index is 9.61. The molecule has 1 nitrogen and oxygen atoms in total. The van der Waals surface area contributed by atoms with Crippen LogP contribution in [0.3, 0.4) is 0 Å². The number of aliphatic hydroxyl groups is 1. The average molecular weight is 192 g/mol. The largest absolute Gasteiger partial charge is 0.395 e. The molecule has 0 bridgehead atoms. The van der Waals surface area contributed by atoms with E-state index < -0.39 is 0 Å². The molecule has 0 spiro atoms. The van der Waals surface area contributed by atoms with Crippen molar-refractivity contribution < 1.29 is 5.11 Å². The van der Waals surface area contributed by atoms with Gasteiger partial charge >= 0.3 is 0 Å². The third-order valence-electron chi connectivity index (χ3n) is 3.89. The molecule has 1 N–H and O–H groups in total. The summed E-state index contributed by atoms with van der Waals surface area (Å²) in [4.78, 5) is 0. The van der Waals surface area contributed by atoms with Gasteiger partial charge in [0, 0.05) is 5.41 Å². The molecule has 0 amide bonds. The van der Waals surface area contributed by atoms with Gasteiger partial charge in [-0.25, -0.2) is 0 Å². The first-order valence-corrected chi connectivity index (χ1v) is 5.83. The van der Waals surface area contributed by atoms with Gasteiger partial charge in [0.15, 0.2) is 0 Å². The molecule has 1 heteroatoms. The summed E-state index contributed by atoms with van der Waals surface area (Å²) < 4.78 is 0. The Balaban J connectivity index is 2.10. The third kappa shape index (κ3) is 1.78. The van der Waals surface area contributed by atoms with Gasteiger partial charge in [0.25, 0.3) is 0 Å². The molecule has 0 aromatic heterocycles. The second-order valence-corrected chi connectivity index (χ2v) is 4.72. The van der Waals surface area contributed by atoms with E-state index in [2.05, 4.69) is 24.3 Å². The number of hydrogen-bond donors (Lipinski definition) is 1. The monoisotopic (exact) mass is 192 g/mol. The number of aliphatic hydroxyl groups excluding tert-OH is 1. The van der Waals surface area contributed by atoms with Crippen molar-refractivity contribution in [1.82, 2.24) is 0 Å². The Labute approximate surface area is 86.5 Å². The van der Waals surface area contributed by atoms with Crippen molar-refractivity contribution in [3.8, 4) is 0 Å². The van der Waals surface area contributed by atoms with Crippen LogP contribution in [0.4, 0.5) is 0 Å². The average Bonchev–Trinajstić information content (AvgIpc) is 2.31. The van der Waals surface area contributed by atoms with Gasteiger partial charge in [0.1, 0.15) is 0 Å². The summed E-state index contributed by atoms with van der Waals surface area (Å²) in [5.41, 5.74) is 0.0785. The molecule has 1 fully saturated rings. The van der Waals surface area contributed by atoms with Gasteiger partial charge in [-0.05, 0) is 25.2 Å². The van der Waals surface area contributed by atoms with Crippen molar-refractivity contribution in [3.05, 3.63) is 24.3 Å². The zero-order chi connectivity index (χ0) is 9.86. The molecule has 0 radical (unpaired) electrons. The predicted molar refractivity (Wildman–Crippen MR) is 59.0 cm³/mol. The molecular formula is C13H20O. The third-order valence-corrected chi connectivity index (χ3v) is 3.89. The molecule has 2 aliphatic carbocycles. The second kappa shape index (κ2) is 4.31. The van der Waals surface area contributed by atoms with Gasteiger partial charge in [-0.3, -0.25) is 0 Å². The Bertz CT molecular complexity index is 236. The highest BCUT2D eigenvalue weighted by Gasteiger charge is 2.36.